The maximum Gasteiger partial charge on any atom is 0.317 e. The Bertz CT molecular complexity index is 816. The van der Waals surface area contributed by atoms with E-state index in [1.165, 1.54) is 23.9 Å². The van der Waals surface area contributed by atoms with Crippen molar-refractivity contribution >= 4 is 29.3 Å². The van der Waals surface area contributed by atoms with E-state index in [4.69, 9.17) is 4.74 Å². The van der Waals surface area contributed by atoms with Crippen LogP contribution >= 0.6 is 11.8 Å². The van der Waals surface area contributed by atoms with E-state index in [1.807, 2.05) is 30.5 Å². The number of thioether (sulfide) groups is 1. The van der Waals surface area contributed by atoms with Crippen LogP contribution in [0.2, 0.25) is 0 Å². The Balaban J connectivity index is 1.66. The second kappa shape index (κ2) is 8.57. The fourth-order valence-corrected chi connectivity index (χ4v) is 4.12. The van der Waals surface area contributed by atoms with Crippen molar-refractivity contribution in [3.8, 4) is 0 Å². The second-order valence-electron chi connectivity index (χ2n) is 6.62. The van der Waals surface area contributed by atoms with Crippen molar-refractivity contribution in [3.63, 3.8) is 0 Å². The van der Waals surface area contributed by atoms with Crippen molar-refractivity contribution in [2.24, 2.45) is 0 Å². The van der Waals surface area contributed by atoms with Gasteiger partial charge in [0.15, 0.2) is 6.61 Å². The van der Waals surface area contributed by atoms with Gasteiger partial charge < -0.3 is 10.1 Å². The van der Waals surface area contributed by atoms with Crippen molar-refractivity contribution in [3.05, 3.63) is 59.9 Å². The molecule has 1 saturated carbocycles. The number of halogens is 1. The third-order valence-corrected chi connectivity index (χ3v) is 5.76. The minimum absolute atomic E-state index is 0.341. The summed E-state index contributed by atoms with van der Waals surface area (Å²) in [6.45, 7) is -0.343. The van der Waals surface area contributed by atoms with Gasteiger partial charge in [0, 0.05) is 4.90 Å². The maximum absolute atomic E-state index is 13.3. The number of hydrogen-bond donors (Lipinski definition) is 1. The van der Waals surface area contributed by atoms with E-state index in [0.717, 1.165) is 23.3 Å². The van der Waals surface area contributed by atoms with Gasteiger partial charge in [0.25, 0.3) is 5.91 Å². The summed E-state index contributed by atoms with van der Waals surface area (Å²) < 4.78 is 18.6. The molecule has 0 heterocycles. The predicted molar refractivity (Wildman–Crippen MR) is 104 cm³/mol. The van der Waals surface area contributed by atoms with Gasteiger partial charge in [-0.1, -0.05) is 37.1 Å². The molecule has 2 aromatic rings. The molecule has 0 spiro atoms. The molecule has 142 valence electrons. The largest absolute Gasteiger partial charge is 0.455 e. The molecule has 1 N–H and O–H groups in total. The Hall–Kier alpha value is -2.34. The maximum atomic E-state index is 13.3. The molecule has 27 heavy (non-hydrogen) atoms. The fourth-order valence-electron chi connectivity index (χ4n) is 3.56. The Kier molecular flexibility index (Phi) is 6.16. The summed E-state index contributed by atoms with van der Waals surface area (Å²) in [4.78, 5) is 26.0. The molecule has 0 atom stereocenters. The van der Waals surface area contributed by atoms with Gasteiger partial charge in [0.05, 0.1) is 11.1 Å². The van der Waals surface area contributed by atoms with Gasteiger partial charge in [-0.15, -0.1) is 11.8 Å². The number of para-hydroxylation sites is 1. The third kappa shape index (κ3) is 4.33. The Morgan fingerprint density at radius 1 is 1.11 bits per heavy atom. The molecular weight excluding hydrogens is 365 g/mol. The van der Waals surface area contributed by atoms with Gasteiger partial charge >= 0.3 is 5.97 Å². The number of anilines is 1. The first-order valence-electron chi connectivity index (χ1n) is 8.91. The van der Waals surface area contributed by atoms with E-state index >= 15 is 0 Å². The Morgan fingerprint density at radius 3 is 2.44 bits per heavy atom. The van der Waals surface area contributed by atoms with Crippen LogP contribution in [0, 0.1) is 5.82 Å². The van der Waals surface area contributed by atoms with Crippen LogP contribution in [0.4, 0.5) is 10.1 Å². The van der Waals surface area contributed by atoms with E-state index in [9.17, 15) is 14.0 Å². The average molecular weight is 387 g/mol. The molecule has 1 fully saturated rings. The number of carbonyl (C=O) groups excluding carboxylic acids is 2. The molecule has 0 saturated heterocycles. The molecule has 0 unspecified atom stereocenters. The highest BCUT2D eigenvalue weighted by atomic mass is 32.2. The van der Waals surface area contributed by atoms with Gasteiger partial charge in [0.1, 0.15) is 5.82 Å². The quantitative estimate of drug-likeness (QED) is 0.584. The Labute approximate surface area is 162 Å². The van der Waals surface area contributed by atoms with E-state index < -0.39 is 11.4 Å². The highest BCUT2D eigenvalue weighted by Crippen LogP contribution is 2.42. The number of esters is 1. The smallest absolute Gasteiger partial charge is 0.317 e. The van der Waals surface area contributed by atoms with E-state index in [-0.39, 0.29) is 18.3 Å². The molecule has 6 heteroatoms. The first kappa shape index (κ1) is 19.4. The SMILES string of the molecule is CSc1ccccc1NC(=O)COC(=O)C1(c2ccc(F)cc2)CCCC1. The first-order valence-corrected chi connectivity index (χ1v) is 10.1. The summed E-state index contributed by atoms with van der Waals surface area (Å²) >= 11 is 1.53. The topological polar surface area (TPSA) is 55.4 Å². The van der Waals surface area contributed by atoms with Crippen LogP contribution in [0.5, 0.6) is 0 Å². The van der Waals surface area contributed by atoms with Crippen molar-refractivity contribution in [2.75, 3.05) is 18.2 Å². The third-order valence-electron chi connectivity index (χ3n) is 4.96. The zero-order valence-corrected chi connectivity index (χ0v) is 16.0. The minimum Gasteiger partial charge on any atom is -0.455 e. The molecule has 0 radical (unpaired) electrons. The highest BCUT2D eigenvalue weighted by Gasteiger charge is 2.44. The number of nitrogens with one attached hydrogen (secondary N) is 1. The van der Waals surface area contributed by atoms with E-state index in [0.29, 0.717) is 18.5 Å². The van der Waals surface area contributed by atoms with Crippen LogP contribution in [0.25, 0.3) is 0 Å². The lowest BCUT2D eigenvalue weighted by molar-refractivity contribution is -0.153. The Morgan fingerprint density at radius 2 is 1.78 bits per heavy atom. The monoisotopic (exact) mass is 387 g/mol. The van der Waals surface area contributed by atoms with Crippen LogP contribution < -0.4 is 5.32 Å². The number of carbonyl (C=O) groups is 2. The van der Waals surface area contributed by atoms with Crippen LogP contribution in [0.1, 0.15) is 31.2 Å². The first-order chi connectivity index (χ1) is 13.0. The van der Waals surface area contributed by atoms with Gasteiger partial charge in [0.2, 0.25) is 0 Å². The molecule has 2 aromatic carbocycles. The summed E-state index contributed by atoms with van der Waals surface area (Å²) in [5, 5.41) is 2.78. The number of rotatable bonds is 6. The molecule has 1 amide bonds. The normalized spacial score (nSPS) is 15.3. The number of amides is 1. The number of ether oxygens (including phenoxy) is 1. The van der Waals surface area contributed by atoms with Crippen molar-refractivity contribution in [1.29, 1.82) is 0 Å². The lowest BCUT2D eigenvalue weighted by atomic mass is 9.79. The summed E-state index contributed by atoms with van der Waals surface area (Å²) in [5.74, 6) is -1.14. The summed E-state index contributed by atoms with van der Waals surface area (Å²) in [6.07, 6.45) is 5.03. The van der Waals surface area contributed by atoms with Crippen molar-refractivity contribution in [1.82, 2.24) is 0 Å². The van der Waals surface area contributed by atoms with Gasteiger partial charge in [-0.2, -0.15) is 0 Å². The van der Waals surface area contributed by atoms with Crippen LogP contribution in [0.3, 0.4) is 0 Å². The summed E-state index contributed by atoms with van der Waals surface area (Å²) in [5.41, 5.74) is 0.658. The zero-order chi connectivity index (χ0) is 19.3. The number of benzene rings is 2. The fraction of sp³-hybridized carbons (Fsp3) is 0.333. The van der Waals surface area contributed by atoms with Crippen molar-refractivity contribution < 1.29 is 18.7 Å². The van der Waals surface area contributed by atoms with Gasteiger partial charge in [-0.05, 0) is 48.9 Å². The van der Waals surface area contributed by atoms with Crippen LogP contribution in [-0.2, 0) is 19.7 Å². The lowest BCUT2D eigenvalue weighted by Gasteiger charge is -2.27. The molecule has 4 nitrogen and oxygen atoms in total. The number of hydrogen-bond acceptors (Lipinski definition) is 4. The lowest BCUT2D eigenvalue weighted by Crippen LogP contribution is -2.36. The minimum atomic E-state index is -0.787. The molecule has 0 bridgehead atoms. The molecule has 1 aliphatic carbocycles. The summed E-state index contributed by atoms with van der Waals surface area (Å²) in [7, 11) is 0. The average Bonchev–Trinajstić information content (AvgIpc) is 3.18. The molecule has 3 rings (SSSR count). The second-order valence-corrected chi connectivity index (χ2v) is 7.47. The van der Waals surface area contributed by atoms with Crippen molar-refractivity contribution in [2.45, 2.75) is 36.0 Å². The van der Waals surface area contributed by atoms with Crippen LogP contribution in [0.15, 0.2) is 53.4 Å². The zero-order valence-electron chi connectivity index (χ0n) is 15.2. The molecular formula is C21H22FNO3S. The standard InChI is InChI=1S/C21H22FNO3S/c1-27-18-7-3-2-6-17(18)23-19(24)14-26-20(25)21(12-4-5-13-21)15-8-10-16(22)11-9-15/h2-3,6-11H,4-5,12-14H2,1H3,(H,23,24). The molecule has 0 aliphatic heterocycles. The van der Waals surface area contributed by atoms with Gasteiger partial charge in [-0.25, -0.2) is 4.39 Å². The summed E-state index contributed by atoms with van der Waals surface area (Å²) in [6, 6.07) is 13.4. The molecule has 0 aromatic heterocycles. The van der Waals surface area contributed by atoms with Crippen LogP contribution in [-0.4, -0.2) is 24.7 Å². The molecule has 1 aliphatic rings. The van der Waals surface area contributed by atoms with E-state index in [1.54, 1.807) is 12.1 Å². The highest BCUT2D eigenvalue weighted by molar-refractivity contribution is 7.98. The van der Waals surface area contributed by atoms with E-state index in [2.05, 4.69) is 5.32 Å². The predicted octanol–water partition coefficient (Wildman–Crippen LogP) is 4.54. The van der Waals surface area contributed by atoms with Gasteiger partial charge in [-0.3, -0.25) is 9.59 Å².